The normalized spacial score (nSPS) is 19.0. The minimum Gasteiger partial charge on any atom is -0.342 e. The minimum absolute atomic E-state index is 0.144. The van der Waals surface area contributed by atoms with E-state index in [1.54, 1.807) is 0 Å². The first-order valence-corrected chi connectivity index (χ1v) is 5.67. The molecule has 0 aromatic rings. The van der Waals surface area contributed by atoms with Crippen LogP contribution in [0.4, 0.5) is 0 Å². The number of nitrogens with one attached hydrogen (secondary N) is 1. The van der Waals surface area contributed by atoms with Crippen molar-refractivity contribution in [3.63, 3.8) is 0 Å². The molecular weight excluding hydrogens is 176 g/mol. The Bertz CT molecular complexity index is 184. The van der Waals surface area contributed by atoms with Gasteiger partial charge in [0.25, 0.3) is 0 Å². The fourth-order valence-corrected chi connectivity index (χ4v) is 1.96. The van der Waals surface area contributed by atoms with Crippen LogP contribution in [0.5, 0.6) is 0 Å². The molecule has 0 atom stereocenters. The van der Waals surface area contributed by atoms with Gasteiger partial charge in [0, 0.05) is 25.0 Å². The molecule has 1 amide bonds. The molecular formula is C11H22N2O. The highest BCUT2D eigenvalue weighted by Gasteiger charge is 2.23. The van der Waals surface area contributed by atoms with Crippen LogP contribution in [0.1, 0.15) is 33.6 Å². The number of likely N-dealkylation sites (tertiary alicyclic amines) is 1. The molecule has 14 heavy (non-hydrogen) atoms. The second-order valence-electron chi connectivity index (χ2n) is 4.31. The van der Waals surface area contributed by atoms with E-state index in [0.717, 1.165) is 32.5 Å². The summed E-state index contributed by atoms with van der Waals surface area (Å²) < 4.78 is 0. The number of amides is 1. The lowest BCUT2D eigenvalue weighted by Gasteiger charge is -2.33. The van der Waals surface area contributed by atoms with Crippen molar-refractivity contribution in [2.45, 2.75) is 39.7 Å². The molecule has 1 saturated heterocycles. The van der Waals surface area contributed by atoms with Crippen LogP contribution < -0.4 is 5.32 Å². The third-order valence-corrected chi connectivity index (χ3v) is 2.79. The van der Waals surface area contributed by atoms with E-state index >= 15 is 0 Å². The second-order valence-corrected chi connectivity index (χ2v) is 4.31. The van der Waals surface area contributed by atoms with Crippen LogP contribution in [0.3, 0.4) is 0 Å². The van der Waals surface area contributed by atoms with Gasteiger partial charge in [-0.3, -0.25) is 4.79 Å². The first-order valence-electron chi connectivity index (χ1n) is 5.67. The molecule has 3 heteroatoms. The van der Waals surface area contributed by atoms with Crippen molar-refractivity contribution in [3.8, 4) is 0 Å². The van der Waals surface area contributed by atoms with Gasteiger partial charge in [0.2, 0.25) is 5.91 Å². The third kappa shape index (κ3) is 2.98. The topological polar surface area (TPSA) is 32.3 Å². The average Bonchev–Trinajstić information content (AvgIpc) is 2.18. The maximum absolute atomic E-state index is 11.7. The largest absolute Gasteiger partial charge is 0.342 e. The molecule has 82 valence electrons. The van der Waals surface area contributed by atoms with Crippen LogP contribution in [-0.4, -0.2) is 36.5 Å². The fraction of sp³-hybridized carbons (Fsp3) is 0.909. The van der Waals surface area contributed by atoms with E-state index in [0.29, 0.717) is 11.9 Å². The Morgan fingerprint density at radius 1 is 1.43 bits per heavy atom. The number of carbonyl (C=O) groups is 1. The summed E-state index contributed by atoms with van der Waals surface area (Å²) in [5.41, 5.74) is 0. The molecule has 1 aliphatic rings. The van der Waals surface area contributed by atoms with Crippen molar-refractivity contribution in [2.75, 3.05) is 19.6 Å². The first kappa shape index (κ1) is 11.5. The van der Waals surface area contributed by atoms with Crippen molar-refractivity contribution < 1.29 is 4.79 Å². The lowest BCUT2D eigenvalue weighted by molar-refractivity contribution is -0.135. The fourth-order valence-electron chi connectivity index (χ4n) is 1.96. The highest BCUT2D eigenvalue weighted by Crippen LogP contribution is 2.12. The Kier molecular flexibility index (Phi) is 4.39. The summed E-state index contributed by atoms with van der Waals surface area (Å²) in [4.78, 5) is 13.7. The third-order valence-electron chi connectivity index (χ3n) is 2.79. The zero-order chi connectivity index (χ0) is 10.6. The summed E-state index contributed by atoms with van der Waals surface area (Å²) in [7, 11) is 0. The summed E-state index contributed by atoms with van der Waals surface area (Å²) >= 11 is 0. The van der Waals surface area contributed by atoms with Crippen molar-refractivity contribution in [1.29, 1.82) is 0 Å². The quantitative estimate of drug-likeness (QED) is 0.740. The summed E-state index contributed by atoms with van der Waals surface area (Å²) in [6.45, 7) is 8.95. The molecule has 1 fully saturated rings. The molecule has 1 heterocycles. The van der Waals surface area contributed by atoms with E-state index < -0.39 is 0 Å². The molecule has 0 radical (unpaired) electrons. The van der Waals surface area contributed by atoms with Crippen LogP contribution in [0.25, 0.3) is 0 Å². The molecule has 0 spiro atoms. The van der Waals surface area contributed by atoms with Gasteiger partial charge in [-0.2, -0.15) is 0 Å². The van der Waals surface area contributed by atoms with Gasteiger partial charge in [-0.15, -0.1) is 0 Å². The maximum atomic E-state index is 11.7. The van der Waals surface area contributed by atoms with Crippen LogP contribution in [-0.2, 0) is 4.79 Å². The van der Waals surface area contributed by atoms with Crippen LogP contribution in [0, 0.1) is 5.92 Å². The van der Waals surface area contributed by atoms with Gasteiger partial charge in [0.1, 0.15) is 0 Å². The highest BCUT2D eigenvalue weighted by atomic mass is 16.2. The van der Waals surface area contributed by atoms with Gasteiger partial charge in [-0.05, 0) is 19.4 Å². The highest BCUT2D eigenvalue weighted by molar-refractivity contribution is 5.78. The molecule has 0 unspecified atom stereocenters. The average molecular weight is 198 g/mol. The van der Waals surface area contributed by atoms with Gasteiger partial charge < -0.3 is 10.2 Å². The monoisotopic (exact) mass is 198 g/mol. The summed E-state index contributed by atoms with van der Waals surface area (Å²) in [6.07, 6.45) is 2.21. The second kappa shape index (κ2) is 5.35. The molecule has 0 aromatic heterocycles. The Hall–Kier alpha value is -0.570. The molecule has 1 rings (SSSR count). The number of hydrogen-bond donors (Lipinski definition) is 1. The van der Waals surface area contributed by atoms with E-state index in [1.165, 1.54) is 0 Å². The first-order chi connectivity index (χ1) is 6.65. The lowest BCUT2D eigenvalue weighted by Crippen LogP contribution is -2.46. The van der Waals surface area contributed by atoms with E-state index in [1.807, 2.05) is 18.7 Å². The molecule has 3 nitrogen and oxygen atoms in total. The molecule has 0 aliphatic carbocycles. The number of hydrogen-bond acceptors (Lipinski definition) is 2. The van der Waals surface area contributed by atoms with E-state index in [4.69, 9.17) is 0 Å². The summed E-state index contributed by atoms with van der Waals surface area (Å²) in [5, 5.41) is 3.44. The van der Waals surface area contributed by atoms with Crippen LogP contribution in [0.15, 0.2) is 0 Å². The molecule has 0 saturated carbocycles. The van der Waals surface area contributed by atoms with E-state index in [2.05, 4.69) is 12.2 Å². The standard InChI is InChI=1S/C11H22N2O/c1-4-12-10-5-7-13(8-6-10)11(14)9(2)3/h9-10,12H,4-8H2,1-3H3. The smallest absolute Gasteiger partial charge is 0.225 e. The zero-order valence-electron chi connectivity index (χ0n) is 9.55. The van der Waals surface area contributed by atoms with Crippen molar-refractivity contribution >= 4 is 5.91 Å². The van der Waals surface area contributed by atoms with E-state index in [-0.39, 0.29) is 5.92 Å². The van der Waals surface area contributed by atoms with Crippen molar-refractivity contribution in [3.05, 3.63) is 0 Å². The lowest BCUT2D eigenvalue weighted by atomic mass is 10.0. The minimum atomic E-state index is 0.144. The van der Waals surface area contributed by atoms with Crippen molar-refractivity contribution in [1.82, 2.24) is 10.2 Å². The van der Waals surface area contributed by atoms with E-state index in [9.17, 15) is 4.79 Å². The molecule has 0 aromatic carbocycles. The summed E-state index contributed by atoms with van der Waals surface area (Å²) in [5.74, 6) is 0.450. The zero-order valence-corrected chi connectivity index (χ0v) is 9.55. The SMILES string of the molecule is CCNC1CCN(C(=O)C(C)C)CC1. The Balaban J connectivity index is 2.32. The van der Waals surface area contributed by atoms with Gasteiger partial charge >= 0.3 is 0 Å². The predicted octanol–water partition coefficient (Wildman–Crippen LogP) is 1.24. The maximum Gasteiger partial charge on any atom is 0.225 e. The molecule has 0 bridgehead atoms. The number of carbonyl (C=O) groups excluding carboxylic acids is 1. The Morgan fingerprint density at radius 2 is 2.00 bits per heavy atom. The van der Waals surface area contributed by atoms with Crippen LogP contribution in [0.2, 0.25) is 0 Å². The number of nitrogens with zero attached hydrogens (tertiary/aromatic N) is 1. The number of rotatable bonds is 3. The van der Waals surface area contributed by atoms with Gasteiger partial charge in [0.15, 0.2) is 0 Å². The number of piperidine rings is 1. The van der Waals surface area contributed by atoms with Crippen molar-refractivity contribution in [2.24, 2.45) is 5.92 Å². The summed E-state index contributed by atoms with van der Waals surface area (Å²) in [6, 6.07) is 0.621. The van der Waals surface area contributed by atoms with Gasteiger partial charge in [0.05, 0.1) is 0 Å². The molecule has 1 N–H and O–H groups in total. The van der Waals surface area contributed by atoms with Gasteiger partial charge in [-0.1, -0.05) is 20.8 Å². The Morgan fingerprint density at radius 3 is 2.43 bits per heavy atom. The predicted molar refractivity (Wildman–Crippen MR) is 58.1 cm³/mol. The van der Waals surface area contributed by atoms with Gasteiger partial charge in [-0.25, -0.2) is 0 Å². The Labute approximate surface area is 86.9 Å². The van der Waals surface area contributed by atoms with Crippen LogP contribution >= 0.6 is 0 Å². The molecule has 1 aliphatic heterocycles.